The Morgan fingerprint density at radius 3 is 2.17 bits per heavy atom. The van der Waals surface area contributed by atoms with E-state index in [0.717, 1.165) is 23.7 Å². The summed E-state index contributed by atoms with van der Waals surface area (Å²) < 4.78 is 25.6. The highest BCUT2D eigenvalue weighted by atomic mass is 79.9. The third kappa shape index (κ3) is 3.15. The van der Waals surface area contributed by atoms with Gasteiger partial charge < -0.3 is 0 Å². The molecule has 18 heavy (non-hydrogen) atoms. The summed E-state index contributed by atoms with van der Waals surface area (Å²) in [6.45, 7) is 5.90. The maximum atomic E-state index is 12.7. The number of rotatable bonds is 6. The van der Waals surface area contributed by atoms with Crippen LogP contribution in [-0.4, -0.2) is 13.2 Å². The number of hydrogen-bond donors (Lipinski definition) is 0. The Morgan fingerprint density at radius 1 is 1.17 bits per heavy atom. The topological polar surface area (TPSA) is 34.1 Å². The van der Waals surface area contributed by atoms with Crippen molar-refractivity contribution < 1.29 is 8.42 Å². The molecule has 0 amide bonds. The van der Waals surface area contributed by atoms with Gasteiger partial charge in [-0.05, 0) is 44.0 Å². The van der Waals surface area contributed by atoms with Crippen LogP contribution in [0.5, 0.6) is 0 Å². The molecule has 102 valence electrons. The van der Waals surface area contributed by atoms with Crippen molar-refractivity contribution in [3.8, 4) is 0 Å². The van der Waals surface area contributed by atoms with E-state index in [4.69, 9.17) is 0 Å². The lowest BCUT2D eigenvalue weighted by atomic mass is 10.0. The minimum absolute atomic E-state index is 0.422. The Bertz CT molecular complexity index is 479. The molecule has 2 nitrogen and oxygen atoms in total. The average molecular weight is 333 g/mol. The lowest BCUT2D eigenvalue weighted by molar-refractivity contribution is 0.478. The Balaban J connectivity index is 3.14. The fourth-order valence-electron chi connectivity index (χ4n) is 1.95. The maximum Gasteiger partial charge on any atom is 0.183 e. The van der Waals surface area contributed by atoms with Crippen molar-refractivity contribution in [1.82, 2.24) is 0 Å². The summed E-state index contributed by atoms with van der Waals surface area (Å²) in [5.74, 6) is 0. The van der Waals surface area contributed by atoms with Gasteiger partial charge in [0.25, 0.3) is 0 Å². The van der Waals surface area contributed by atoms with E-state index >= 15 is 0 Å². The first-order valence-electron chi connectivity index (χ1n) is 6.37. The third-order valence-corrected chi connectivity index (χ3v) is 6.79. The normalized spacial score (nSPS) is 15.3. The smallest absolute Gasteiger partial charge is 0.183 e. The first kappa shape index (κ1) is 15.7. The SMILES string of the molecule is CCCC[C@](C)(CC)S(=O)(=O)c1ccc(Br)cc1. The molecule has 1 rings (SSSR count). The molecule has 0 aliphatic rings. The van der Waals surface area contributed by atoms with Gasteiger partial charge in [0.2, 0.25) is 0 Å². The van der Waals surface area contributed by atoms with Crippen LogP contribution in [-0.2, 0) is 9.84 Å². The summed E-state index contributed by atoms with van der Waals surface area (Å²) in [5, 5.41) is 0. The highest BCUT2D eigenvalue weighted by Crippen LogP contribution is 2.33. The zero-order valence-corrected chi connectivity index (χ0v) is 13.6. The predicted molar refractivity (Wildman–Crippen MR) is 79.5 cm³/mol. The number of hydrogen-bond acceptors (Lipinski definition) is 2. The molecule has 1 aromatic rings. The van der Waals surface area contributed by atoms with Crippen molar-refractivity contribution in [3.63, 3.8) is 0 Å². The summed E-state index contributed by atoms with van der Waals surface area (Å²) >= 11 is 3.33. The number of sulfone groups is 1. The van der Waals surface area contributed by atoms with Crippen LogP contribution in [0.3, 0.4) is 0 Å². The van der Waals surface area contributed by atoms with Crippen LogP contribution in [0.15, 0.2) is 33.6 Å². The standard InChI is InChI=1S/C14H21BrO2S/c1-4-6-11-14(3,5-2)18(16,17)13-9-7-12(15)8-10-13/h7-10H,4-6,11H2,1-3H3/t14-/m0/s1. The fraction of sp³-hybridized carbons (Fsp3) is 0.571. The zero-order chi connectivity index (χ0) is 13.8. The van der Waals surface area contributed by atoms with Gasteiger partial charge in [-0.1, -0.05) is 42.6 Å². The van der Waals surface area contributed by atoms with Crippen LogP contribution >= 0.6 is 15.9 Å². The van der Waals surface area contributed by atoms with E-state index in [1.165, 1.54) is 0 Å². The molecule has 0 saturated heterocycles. The van der Waals surface area contributed by atoms with Crippen LogP contribution in [0, 0.1) is 0 Å². The molecule has 0 aliphatic carbocycles. The zero-order valence-electron chi connectivity index (χ0n) is 11.2. The van der Waals surface area contributed by atoms with E-state index in [1.807, 2.05) is 13.8 Å². The van der Waals surface area contributed by atoms with Crippen molar-refractivity contribution in [2.24, 2.45) is 0 Å². The summed E-state index contributed by atoms with van der Waals surface area (Å²) in [4.78, 5) is 0.422. The molecule has 0 bridgehead atoms. The van der Waals surface area contributed by atoms with Crippen molar-refractivity contribution in [2.75, 3.05) is 0 Å². The van der Waals surface area contributed by atoms with E-state index in [9.17, 15) is 8.42 Å². The molecule has 1 atom stereocenters. The maximum absolute atomic E-state index is 12.7. The Hall–Kier alpha value is -0.350. The second-order valence-corrected chi connectivity index (χ2v) is 8.24. The Labute approximate surface area is 119 Å². The second kappa shape index (κ2) is 6.20. The lowest BCUT2D eigenvalue weighted by Gasteiger charge is -2.28. The monoisotopic (exact) mass is 332 g/mol. The second-order valence-electron chi connectivity index (χ2n) is 4.86. The van der Waals surface area contributed by atoms with Gasteiger partial charge in [0, 0.05) is 4.47 Å². The molecule has 0 N–H and O–H groups in total. The number of halogens is 1. The third-order valence-electron chi connectivity index (χ3n) is 3.58. The predicted octanol–water partition coefficient (Wildman–Crippen LogP) is 4.58. The molecule has 1 aromatic carbocycles. The average Bonchev–Trinajstić information content (AvgIpc) is 2.36. The van der Waals surface area contributed by atoms with Gasteiger partial charge in [0.15, 0.2) is 9.84 Å². The van der Waals surface area contributed by atoms with E-state index in [1.54, 1.807) is 24.3 Å². The molecule has 0 saturated carbocycles. The van der Waals surface area contributed by atoms with Crippen LogP contribution in [0.25, 0.3) is 0 Å². The Kier molecular flexibility index (Phi) is 5.41. The summed E-state index contributed by atoms with van der Waals surface area (Å²) in [6.07, 6.45) is 3.33. The quantitative estimate of drug-likeness (QED) is 0.763. The first-order chi connectivity index (χ1) is 8.37. The van der Waals surface area contributed by atoms with Crippen molar-refractivity contribution >= 4 is 25.8 Å². The van der Waals surface area contributed by atoms with E-state index < -0.39 is 14.6 Å². The highest BCUT2D eigenvalue weighted by Gasteiger charge is 2.37. The lowest BCUT2D eigenvalue weighted by Crippen LogP contribution is -2.34. The van der Waals surface area contributed by atoms with Crippen molar-refractivity contribution in [1.29, 1.82) is 0 Å². The van der Waals surface area contributed by atoms with Crippen LogP contribution < -0.4 is 0 Å². The fourth-order valence-corrected chi connectivity index (χ4v) is 4.07. The number of benzene rings is 1. The van der Waals surface area contributed by atoms with E-state index in [2.05, 4.69) is 22.9 Å². The van der Waals surface area contributed by atoms with E-state index in [0.29, 0.717) is 11.3 Å². The molecule has 0 heterocycles. The number of unbranched alkanes of at least 4 members (excludes halogenated alkanes) is 1. The summed E-state index contributed by atoms with van der Waals surface area (Å²) in [6, 6.07) is 6.92. The molecule has 0 radical (unpaired) electrons. The molecular weight excluding hydrogens is 312 g/mol. The van der Waals surface area contributed by atoms with Gasteiger partial charge in [0.1, 0.15) is 0 Å². The van der Waals surface area contributed by atoms with Gasteiger partial charge >= 0.3 is 0 Å². The highest BCUT2D eigenvalue weighted by molar-refractivity contribution is 9.10. The molecule has 0 aliphatic heterocycles. The molecule has 0 spiro atoms. The molecule has 4 heteroatoms. The van der Waals surface area contributed by atoms with Crippen molar-refractivity contribution in [3.05, 3.63) is 28.7 Å². The first-order valence-corrected chi connectivity index (χ1v) is 8.65. The Morgan fingerprint density at radius 2 is 1.72 bits per heavy atom. The van der Waals surface area contributed by atoms with Crippen LogP contribution in [0.1, 0.15) is 46.5 Å². The molecular formula is C14H21BrO2S. The summed E-state index contributed by atoms with van der Waals surface area (Å²) in [7, 11) is -3.26. The molecule has 0 aromatic heterocycles. The molecule has 0 unspecified atom stereocenters. The van der Waals surface area contributed by atoms with Crippen LogP contribution in [0.4, 0.5) is 0 Å². The summed E-state index contributed by atoms with van der Waals surface area (Å²) in [5.41, 5.74) is 0. The minimum Gasteiger partial charge on any atom is -0.223 e. The van der Waals surface area contributed by atoms with Gasteiger partial charge in [-0.3, -0.25) is 0 Å². The van der Waals surface area contributed by atoms with Crippen LogP contribution in [0.2, 0.25) is 0 Å². The van der Waals surface area contributed by atoms with Crippen molar-refractivity contribution in [2.45, 2.75) is 56.1 Å². The van der Waals surface area contributed by atoms with Gasteiger partial charge in [-0.2, -0.15) is 0 Å². The van der Waals surface area contributed by atoms with Gasteiger partial charge in [-0.25, -0.2) is 8.42 Å². The van der Waals surface area contributed by atoms with Gasteiger partial charge in [-0.15, -0.1) is 0 Å². The largest absolute Gasteiger partial charge is 0.223 e. The van der Waals surface area contributed by atoms with Gasteiger partial charge in [0.05, 0.1) is 9.64 Å². The van der Waals surface area contributed by atoms with E-state index in [-0.39, 0.29) is 0 Å². The molecule has 0 fully saturated rings. The minimum atomic E-state index is -3.26.